The number of nitrogens with one attached hydrogen (secondary N) is 1. The van der Waals surface area contributed by atoms with Gasteiger partial charge in [-0.25, -0.2) is 0 Å². The number of amides is 2. The molecule has 9 N–H and O–H groups in total. The van der Waals surface area contributed by atoms with Gasteiger partial charge in [0.1, 0.15) is 6.04 Å². The Bertz CT molecular complexity index is 879. The van der Waals surface area contributed by atoms with Gasteiger partial charge in [-0.1, -0.05) is 167 Å². The average Bonchev–Trinajstić information content (AvgIpc) is 3.13. The number of aliphatic imine (C=N–C) groups is 1. The fourth-order valence-corrected chi connectivity index (χ4v) is 6.69. The van der Waals surface area contributed by atoms with Crippen LogP contribution in [0, 0.1) is 0 Å². The first-order valence-corrected chi connectivity index (χ1v) is 22.1. The first-order chi connectivity index (χ1) is 25.3. The van der Waals surface area contributed by atoms with E-state index in [1.54, 1.807) is 0 Å². The van der Waals surface area contributed by atoms with E-state index in [1.807, 2.05) is 4.90 Å². The molecular formula is C43H87Cl3N7O2-3. The van der Waals surface area contributed by atoms with Crippen LogP contribution < -0.4 is 65.5 Å². The van der Waals surface area contributed by atoms with E-state index in [-0.39, 0.29) is 61.5 Å². The van der Waals surface area contributed by atoms with Gasteiger partial charge in [0.2, 0.25) is 11.8 Å². The molecule has 0 heterocycles. The molecule has 0 bridgehead atoms. The van der Waals surface area contributed by atoms with Crippen molar-refractivity contribution < 1.29 is 46.8 Å². The maximum absolute atomic E-state index is 13.4. The van der Waals surface area contributed by atoms with Gasteiger partial charge < -0.3 is 70.4 Å². The quantitative estimate of drug-likeness (QED) is 0.0257. The van der Waals surface area contributed by atoms with E-state index in [0.717, 1.165) is 38.8 Å². The van der Waals surface area contributed by atoms with Gasteiger partial charge in [-0.3, -0.25) is 14.6 Å². The average molecular weight is 841 g/mol. The van der Waals surface area contributed by atoms with Crippen molar-refractivity contribution in [2.24, 2.45) is 27.9 Å². The number of rotatable bonds is 39. The number of hydrogen-bond donors (Lipinski definition) is 5. The molecule has 0 radical (unpaired) electrons. The Morgan fingerprint density at radius 1 is 0.545 bits per heavy atom. The van der Waals surface area contributed by atoms with Crippen LogP contribution in [0.15, 0.2) is 17.1 Å². The van der Waals surface area contributed by atoms with Crippen molar-refractivity contribution in [3.8, 4) is 0 Å². The number of guanidine groups is 1. The molecule has 0 saturated carbocycles. The van der Waals surface area contributed by atoms with Crippen molar-refractivity contribution in [3.05, 3.63) is 12.2 Å². The zero-order chi connectivity index (χ0) is 38.3. The predicted molar refractivity (Wildman–Crippen MR) is 225 cm³/mol. The second-order valence-electron chi connectivity index (χ2n) is 15.3. The minimum Gasteiger partial charge on any atom is -1.00 e. The van der Waals surface area contributed by atoms with E-state index >= 15 is 0 Å². The summed E-state index contributed by atoms with van der Waals surface area (Å²) < 4.78 is 0. The van der Waals surface area contributed by atoms with Gasteiger partial charge >= 0.3 is 0 Å². The van der Waals surface area contributed by atoms with Gasteiger partial charge in [0.25, 0.3) is 0 Å². The summed E-state index contributed by atoms with van der Waals surface area (Å²) >= 11 is 0. The molecule has 0 rings (SSSR count). The molecule has 0 aliphatic heterocycles. The highest BCUT2D eigenvalue weighted by Gasteiger charge is 2.22. The summed E-state index contributed by atoms with van der Waals surface area (Å²) in [6.07, 6.45) is 41.8. The molecule has 0 spiro atoms. The van der Waals surface area contributed by atoms with Crippen molar-refractivity contribution in [1.82, 2.24) is 10.2 Å². The Balaban J connectivity index is -0.00000433. The number of nitrogens with zero attached hydrogens (tertiary/aromatic N) is 2. The maximum atomic E-state index is 13.4. The number of hydrogen-bond acceptors (Lipinski definition) is 5. The molecule has 0 aliphatic carbocycles. The Morgan fingerprint density at radius 2 is 0.909 bits per heavy atom. The van der Waals surface area contributed by atoms with Crippen molar-refractivity contribution in [1.29, 1.82) is 0 Å². The Morgan fingerprint density at radius 3 is 1.29 bits per heavy atom. The van der Waals surface area contributed by atoms with Crippen LogP contribution in [0.3, 0.4) is 0 Å². The van der Waals surface area contributed by atoms with Gasteiger partial charge in [-0.2, -0.15) is 0 Å². The Labute approximate surface area is 358 Å². The third kappa shape index (κ3) is 42.2. The highest BCUT2D eigenvalue weighted by atomic mass is 35.5. The largest absolute Gasteiger partial charge is 1.00 e. The molecule has 0 aromatic rings. The number of halogens is 3. The van der Waals surface area contributed by atoms with Crippen LogP contribution in [-0.4, -0.2) is 60.9 Å². The van der Waals surface area contributed by atoms with E-state index in [9.17, 15) is 9.59 Å². The molecule has 9 nitrogen and oxygen atoms in total. The minimum absolute atomic E-state index is 0. The van der Waals surface area contributed by atoms with Gasteiger partial charge in [0.15, 0.2) is 5.96 Å². The van der Waals surface area contributed by atoms with E-state index in [2.05, 4.69) is 36.3 Å². The third-order valence-electron chi connectivity index (χ3n) is 10.2. The van der Waals surface area contributed by atoms with Crippen molar-refractivity contribution in [2.45, 2.75) is 219 Å². The first kappa shape index (κ1) is 60.4. The second kappa shape index (κ2) is 47.1. The summed E-state index contributed by atoms with van der Waals surface area (Å²) in [5.41, 5.74) is 23.1. The molecule has 55 heavy (non-hydrogen) atoms. The molecule has 2 amide bonds. The normalized spacial score (nSPS) is 11.9. The number of carbonyl (C=O) groups is 2. The standard InChI is InChI=1S/C43H87N7O2.3ClH/c1-3-5-7-9-11-13-15-17-19-20-22-24-26-28-30-32-37-50(36-31-29-27-25-23-21-18-16-14-12-10-8-6-4-2)42(52)40(45)38-49-41(51)39(44)34-33-35-48-43(46)47;;;/h17,19,39-40H,3-16,18,20-38,44-45H2,1-2H3,(H,49,51)(H4,46,47,48);3*1H/p-3/b19-17-;;;/t39?,40-;;;/m1.../s1. The van der Waals surface area contributed by atoms with Crippen LogP contribution in [0.25, 0.3) is 0 Å². The van der Waals surface area contributed by atoms with Crippen molar-refractivity contribution >= 4 is 17.8 Å². The lowest BCUT2D eigenvalue weighted by molar-refractivity contribution is -0.133. The zero-order valence-electron chi connectivity index (χ0n) is 35.5. The summed E-state index contributed by atoms with van der Waals surface area (Å²) in [7, 11) is 0. The molecule has 2 atom stereocenters. The lowest BCUT2D eigenvalue weighted by Gasteiger charge is -2.26. The van der Waals surface area contributed by atoms with Crippen LogP contribution in [0.5, 0.6) is 0 Å². The third-order valence-corrected chi connectivity index (χ3v) is 10.2. The summed E-state index contributed by atoms with van der Waals surface area (Å²) in [6, 6.07) is -1.47. The predicted octanol–water partition coefficient (Wildman–Crippen LogP) is 0.170. The number of unbranched alkanes of at least 4 members (excludes halogenated alkanes) is 25. The van der Waals surface area contributed by atoms with Crippen molar-refractivity contribution in [3.63, 3.8) is 0 Å². The first-order valence-electron chi connectivity index (χ1n) is 22.1. The monoisotopic (exact) mass is 839 g/mol. The summed E-state index contributed by atoms with van der Waals surface area (Å²) in [5.74, 6) is -0.359. The molecular weight excluding hydrogens is 753 g/mol. The molecule has 12 heteroatoms. The number of carbonyl (C=O) groups excluding carboxylic acids is 2. The van der Waals surface area contributed by atoms with E-state index in [1.165, 1.54) is 154 Å². The van der Waals surface area contributed by atoms with Crippen LogP contribution in [0.1, 0.15) is 206 Å². The molecule has 0 saturated heterocycles. The van der Waals surface area contributed by atoms with Gasteiger partial charge in [-0.15, -0.1) is 0 Å². The van der Waals surface area contributed by atoms with E-state index in [0.29, 0.717) is 19.4 Å². The Kier molecular flexibility index (Phi) is 51.8. The summed E-state index contributed by atoms with van der Waals surface area (Å²) in [6.45, 7) is 6.51. The van der Waals surface area contributed by atoms with Gasteiger partial charge in [0, 0.05) is 26.2 Å². The van der Waals surface area contributed by atoms with E-state index < -0.39 is 12.1 Å². The molecule has 0 aromatic heterocycles. The van der Waals surface area contributed by atoms with Crippen molar-refractivity contribution in [2.75, 3.05) is 26.2 Å². The second-order valence-corrected chi connectivity index (χ2v) is 15.3. The van der Waals surface area contributed by atoms with Crippen LogP contribution in [0.2, 0.25) is 0 Å². The van der Waals surface area contributed by atoms with Gasteiger partial charge in [-0.05, 0) is 51.4 Å². The fraction of sp³-hybridized carbons (Fsp3) is 0.884. The smallest absolute Gasteiger partial charge is 0.241 e. The van der Waals surface area contributed by atoms with Crippen LogP contribution >= 0.6 is 0 Å². The molecule has 0 fully saturated rings. The lowest BCUT2D eigenvalue weighted by atomic mass is 10.0. The SMILES string of the molecule is CCCCCCCC/C=C\CCCCCCCCN(CCCCCCCCCCCCCCCC)C(=O)[C@H](N)CNC(=O)C(N)CCCN=C(N)N.[Cl-].[Cl-].[Cl-]. The summed E-state index contributed by atoms with van der Waals surface area (Å²) in [5, 5.41) is 2.78. The zero-order valence-corrected chi connectivity index (χ0v) is 37.8. The van der Waals surface area contributed by atoms with E-state index in [4.69, 9.17) is 22.9 Å². The number of nitrogens with two attached hydrogens (primary N) is 4. The molecule has 1 unspecified atom stereocenters. The highest BCUT2D eigenvalue weighted by molar-refractivity contribution is 5.85. The summed E-state index contributed by atoms with van der Waals surface area (Å²) in [4.78, 5) is 31.8. The molecule has 0 aromatic carbocycles. The minimum atomic E-state index is -0.779. The van der Waals surface area contributed by atoms with Crippen LogP contribution in [-0.2, 0) is 9.59 Å². The van der Waals surface area contributed by atoms with Crippen LogP contribution in [0.4, 0.5) is 0 Å². The maximum Gasteiger partial charge on any atom is 0.241 e. The number of allylic oxidation sites excluding steroid dienone is 2. The fourth-order valence-electron chi connectivity index (χ4n) is 6.69. The highest BCUT2D eigenvalue weighted by Crippen LogP contribution is 2.14. The topological polar surface area (TPSA) is 166 Å². The Hall–Kier alpha value is -1.26. The lowest BCUT2D eigenvalue weighted by Crippen LogP contribution is -3.00. The molecule has 330 valence electrons. The molecule has 0 aliphatic rings. The van der Waals surface area contributed by atoms with Gasteiger partial charge in [0.05, 0.1) is 6.04 Å².